The molecule has 0 atom stereocenters. The smallest absolute Gasteiger partial charge is 0.289 e. The fraction of sp³-hybridized carbons (Fsp3) is 0.400. The fourth-order valence-electron chi connectivity index (χ4n) is 3.41. The Morgan fingerprint density at radius 2 is 1.85 bits per heavy atom. The molecule has 2 amide bonds. The molecule has 0 aliphatic carbocycles. The van der Waals surface area contributed by atoms with Crippen LogP contribution >= 0.6 is 15.9 Å². The number of likely N-dealkylation sites (tertiary alicyclic amines) is 1. The first-order chi connectivity index (χ1) is 12.6. The van der Waals surface area contributed by atoms with E-state index in [0.29, 0.717) is 35.6 Å². The highest BCUT2D eigenvalue weighted by Gasteiger charge is 2.31. The van der Waals surface area contributed by atoms with Crippen molar-refractivity contribution >= 4 is 27.7 Å². The van der Waals surface area contributed by atoms with Gasteiger partial charge in [-0.25, -0.2) is 0 Å². The Kier molecular flexibility index (Phi) is 6.14. The van der Waals surface area contributed by atoms with E-state index in [1.807, 2.05) is 40.1 Å². The van der Waals surface area contributed by atoms with Crippen LogP contribution in [0.1, 0.15) is 47.1 Å². The standard InChI is InChI=1S/C20H23BrN2O3/c1-2-12-23(20(25)17-8-9-18(21)26-17)16-10-13-22(14-11-16)19(24)15-6-4-3-5-7-15/h3-9,16H,2,10-14H2,1H3. The molecule has 0 N–H and O–H groups in total. The third kappa shape index (κ3) is 4.18. The molecule has 1 aromatic carbocycles. The van der Waals surface area contributed by atoms with Crippen molar-refractivity contribution in [2.24, 2.45) is 0 Å². The summed E-state index contributed by atoms with van der Waals surface area (Å²) in [5.74, 6) is 0.339. The molecule has 2 aromatic rings. The maximum absolute atomic E-state index is 12.8. The van der Waals surface area contributed by atoms with Gasteiger partial charge in [0.15, 0.2) is 10.4 Å². The monoisotopic (exact) mass is 418 g/mol. The number of carbonyl (C=O) groups excluding carboxylic acids is 2. The molecule has 0 spiro atoms. The van der Waals surface area contributed by atoms with Crippen molar-refractivity contribution in [3.05, 3.63) is 58.5 Å². The largest absolute Gasteiger partial charge is 0.444 e. The first-order valence-corrected chi connectivity index (χ1v) is 9.80. The zero-order valence-corrected chi connectivity index (χ0v) is 16.4. The van der Waals surface area contributed by atoms with E-state index in [2.05, 4.69) is 22.9 Å². The minimum Gasteiger partial charge on any atom is -0.444 e. The van der Waals surface area contributed by atoms with Crippen LogP contribution in [0.15, 0.2) is 51.6 Å². The molecule has 1 aliphatic rings. The van der Waals surface area contributed by atoms with E-state index in [1.165, 1.54) is 0 Å². The predicted octanol–water partition coefficient (Wildman–Crippen LogP) is 4.20. The number of benzene rings is 1. The number of piperidine rings is 1. The molecule has 0 saturated carbocycles. The molecule has 138 valence electrons. The van der Waals surface area contributed by atoms with Gasteiger partial charge in [0.25, 0.3) is 11.8 Å². The summed E-state index contributed by atoms with van der Waals surface area (Å²) in [6, 6.07) is 12.9. The Balaban J connectivity index is 1.64. The Labute approximate surface area is 162 Å². The summed E-state index contributed by atoms with van der Waals surface area (Å²) in [5, 5.41) is 0. The van der Waals surface area contributed by atoms with Crippen LogP contribution in [0.3, 0.4) is 0 Å². The van der Waals surface area contributed by atoms with E-state index in [0.717, 1.165) is 19.3 Å². The molecule has 6 heteroatoms. The molecule has 2 heterocycles. The maximum Gasteiger partial charge on any atom is 0.289 e. The van der Waals surface area contributed by atoms with Crippen molar-refractivity contribution in [1.82, 2.24) is 9.80 Å². The van der Waals surface area contributed by atoms with Crippen LogP contribution in [0.25, 0.3) is 0 Å². The number of halogens is 1. The number of amides is 2. The first kappa shape index (κ1) is 18.7. The predicted molar refractivity (Wildman–Crippen MR) is 103 cm³/mol. The van der Waals surface area contributed by atoms with Crippen molar-refractivity contribution in [3.63, 3.8) is 0 Å². The molecule has 1 aromatic heterocycles. The Morgan fingerprint density at radius 1 is 1.15 bits per heavy atom. The van der Waals surface area contributed by atoms with Crippen LogP contribution in [0, 0.1) is 0 Å². The summed E-state index contributed by atoms with van der Waals surface area (Å²) in [4.78, 5) is 29.2. The van der Waals surface area contributed by atoms with Gasteiger partial charge in [0.2, 0.25) is 0 Å². The summed E-state index contributed by atoms with van der Waals surface area (Å²) < 4.78 is 6.00. The minimum absolute atomic E-state index is 0.0624. The minimum atomic E-state index is -0.0783. The second-order valence-corrected chi connectivity index (χ2v) is 7.27. The van der Waals surface area contributed by atoms with Crippen LogP contribution in [-0.2, 0) is 0 Å². The summed E-state index contributed by atoms with van der Waals surface area (Å²) in [7, 11) is 0. The van der Waals surface area contributed by atoms with Gasteiger partial charge in [-0.2, -0.15) is 0 Å². The number of carbonyl (C=O) groups is 2. The van der Waals surface area contributed by atoms with Crippen LogP contribution in [0.4, 0.5) is 0 Å². The van der Waals surface area contributed by atoms with Gasteiger partial charge in [-0.3, -0.25) is 9.59 Å². The van der Waals surface area contributed by atoms with Crippen LogP contribution < -0.4 is 0 Å². The lowest BCUT2D eigenvalue weighted by atomic mass is 10.0. The van der Waals surface area contributed by atoms with Gasteiger partial charge >= 0.3 is 0 Å². The number of rotatable bonds is 5. The molecule has 0 radical (unpaired) electrons. The molecule has 5 nitrogen and oxygen atoms in total. The lowest BCUT2D eigenvalue weighted by Crippen LogP contribution is -2.49. The number of nitrogens with zero attached hydrogens (tertiary/aromatic N) is 2. The van der Waals surface area contributed by atoms with Crippen molar-refractivity contribution in [2.45, 2.75) is 32.2 Å². The van der Waals surface area contributed by atoms with E-state index < -0.39 is 0 Å². The van der Waals surface area contributed by atoms with Gasteiger partial charge in [0.1, 0.15) is 0 Å². The average molecular weight is 419 g/mol. The normalized spacial score (nSPS) is 15.1. The Morgan fingerprint density at radius 3 is 2.42 bits per heavy atom. The molecule has 1 saturated heterocycles. The second-order valence-electron chi connectivity index (χ2n) is 6.49. The first-order valence-electron chi connectivity index (χ1n) is 9.00. The van der Waals surface area contributed by atoms with Crippen LogP contribution in [-0.4, -0.2) is 47.3 Å². The van der Waals surface area contributed by atoms with Crippen LogP contribution in [0.2, 0.25) is 0 Å². The lowest BCUT2D eigenvalue weighted by Gasteiger charge is -2.38. The van der Waals surface area contributed by atoms with Gasteiger partial charge < -0.3 is 14.2 Å². The molecule has 1 fully saturated rings. The van der Waals surface area contributed by atoms with E-state index in [4.69, 9.17) is 4.42 Å². The molecule has 1 aliphatic heterocycles. The maximum atomic E-state index is 12.8. The third-order valence-corrected chi connectivity index (χ3v) is 5.15. The van der Waals surface area contributed by atoms with Gasteiger partial charge in [0, 0.05) is 31.2 Å². The zero-order valence-electron chi connectivity index (χ0n) is 14.9. The topological polar surface area (TPSA) is 53.8 Å². The molecular weight excluding hydrogens is 396 g/mol. The van der Waals surface area contributed by atoms with Crippen molar-refractivity contribution in [1.29, 1.82) is 0 Å². The van der Waals surface area contributed by atoms with Gasteiger partial charge in [-0.15, -0.1) is 0 Å². The SMILES string of the molecule is CCCN(C(=O)c1ccc(Br)o1)C1CCN(C(=O)c2ccccc2)CC1. The van der Waals surface area contributed by atoms with Gasteiger partial charge in [0.05, 0.1) is 0 Å². The Bertz CT molecular complexity index is 751. The number of hydrogen-bond donors (Lipinski definition) is 0. The highest BCUT2D eigenvalue weighted by Crippen LogP contribution is 2.23. The molecule has 0 bridgehead atoms. The van der Waals surface area contributed by atoms with E-state index in [-0.39, 0.29) is 17.9 Å². The van der Waals surface area contributed by atoms with Crippen molar-refractivity contribution < 1.29 is 14.0 Å². The van der Waals surface area contributed by atoms with E-state index in [9.17, 15) is 9.59 Å². The second kappa shape index (κ2) is 8.54. The molecular formula is C20H23BrN2O3. The molecule has 0 unspecified atom stereocenters. The highest BCUT2D eigenvalue weighted by atomic mass is 79.9. The summed E-state index contributed by atoms with van der Waals surface area (Å²) in [6.07, 6.45) is 2.45. The summed E-state index contributed by atoms with van der Waals surface area (Å²) in [5.41, 5.74) is 0.716. The Hall–Kier alpha value is -2.08. The highest BCUT2D eigenvalue weighted by molar-refractivity contribution is 9.10. The van der Waals surface area contributed by atoms with Crippen LogP contribution in [0.5, 0.6) is 0 Å². The number of furan rings is 1. The van der Waals surface area contributed by atoms with Crippen molar-refractivity contribution in [2.75, 3.05) is 19.6 Å². The molecule has 26 heavy (non-hydrogen) atoms. The summed E-state index contributed by atoms with van der Waals surface area (Å²) >= 11 is 3.25. The average Bonchev–Trinajstić information content (AvgIpc) is 3.12. The van der Waals surface area contributed by atoms with E-state index >= 15 is 0 Å². The van der Waals surface area contributed by atoms with Gasteiger partial charge in [-0.1, -0.05) is 25.1 Å². The van der Waals surface area contributed by atoms with Gasteiger partial charge in [-0.05, 0) is 59.5 Å². The van der Waals surface area contributed by atoms with Crippen molar-refractivity contribution in [3.8, 4) is 0 Å². The zero-order chi connectivity index (χ0) is 18.5. The summed E-state index contributed by atoms with van der Waals surface area (Å²) in [6.45, 7) is 4.07. The third-order valence-electron chi connectivity index (χ3n) is 4.72. The lowest BCUT2D eigenvalue weighted by molar-refractivity contribution is 0.0497. The van der Waals surface area contributed by atoms with E-state index in [1.54, 1.807) is 12.1 Å². The number of hydrogen-bond acceptors (Lipinski definition) is 3. The quantitative estimate of drug-likeness (QED) is 0.730. The molecule has 3 rings (SSSR count). The fourth-order valence-corrected chi connectivity index (χ4v) is 3.71.